The van der Waals surface area contributed by atoms with E-state index in [1.54, 1.807) is 4.68 Å². The summed E-state index contributed by atoms with van der Waals surface area (Å²) in [6.45, 7) is 1.29. The van der Waals surface area contributed by atoms with E-state index < -0.39 is 21.0 Å². The van der Waals surface area contributed by atoms with Crippen molar-refractivity contribution < 1.29 is 22.3 Å². The summed E-state index contributed by atoms with van der Waals surface area (Å²) < 4.78 is 46.2. The minimum atomic E-state index is -3.44. The quantitative estimate of drug-likeness (QED) is 0.490. The molecule has 0 bridgehead atoms. The van der Waals surface area contributed by atoms with Gasteiger partial charge in [0.15, 0.2) is 26.4 Å². The molecule has 1 aliphatic heterocycles. The molecule has 3 aromatic rings. The molecule has 0 aromatic carbocycles. The van der Waals surface area contributed by atoms with E-state index in [-0.39, 0.29) is 28.3 Å². The van der Waals surface area contributed by atoms with Crippen LogP contribution in [-0.4, -0.2) is 52.4 Å². The highest BCUT2D eigenvalue weighted by Crippen LogP contribution is 2.37. The third-order valence-electron chi connectivity index (χ3n) is 6.14. The summed E-state index contributed by atoms with van der Waals surface area (Å²) in [6, 6.07) is 0.865. The van der Waals surface area contributed by atoms with E-state index in [9.17, 15) is 17.6 Å². The van der Waals surface area contributed by atoms with Crippen LogP contribution >= 0.6 is 11.3 Å². The fourth-order valence-corrected chi connectivity index (χ4v) is 6.73. The minimum Gasteiger partial charge on any atom is -0.381 e. The average molecular weight is 479 g/mol. The second-order valence-corrected chi connectivity index (χ2v) is 11.7. The highest BCUT2D eigenvalue weighted by molar-refractivity contribution is 7.92. The number of fused-ring (bicyclic) bond motifs is 1. The van der Waals surface area contributed by atoms with Gasteiger partial charge in [-0.05, 0) is 44.1 Å². The van der Waals surface area contributed by atoms with Gasteiger partial charge in [-0.2, -0.15) is 9.49 Å². The Kier molecular flexibility index (Phi) is 5.81. The first-order chi connectivity index (χ1) is 15.4. The molecule has 0 spiro atoms. The van der Waals surface area contributed by atoms with Crippen LogP contribution in [0.3, 0.4) is 0 Å². The van der Waals surface area contributed by atoms with Gasteiger partial charge in [0.1, 0.15) is 11.0 Å². The lowest BCUT2D eigenvalue weighted by atomic mass is 9.90. The van der Waals surface area contributed by atoms with E-state index in [1.807, 2.05) is 0 Å². The Bertz CT molecular complexity index is 1250. The standard InChI is InChI=1S/C21H23FN4O4S2/c22-19-12-24-20(31-19)10-17(27)16(9-13-4-7-30-8-5-13)26-21-15(11-25-26)18(3-6-23-21)32(28,29)14-1-2-14/h3,6,11-14,16H,1-2,4-5,7-10H2/t16-/m0/s1. The first kappa shape index (κ1) is 21.6. The van der Waals surface area contributed by atoms with Gasteiger partial charge in [0.05, 0.1) is 34.3 Å². The number of Topliss-reactive ketones (excluding diaryl/α,β-unsaturated/α-hetero) is 1. The summed E-state index contributed by atoms with van der Waals surface area (Å²) in [4.78, 5) is 21.9. The van der Waals surface area contributed by atoms with E-state index in [0.717, 1.165) is 30.4 Å². The van der Waals surface area contributed by atoms with Crippen LogP contribution in [0.4, 0.5) is 4.39 Å². The molecule has 8 nitrogen and oxygen atoms in total. The summed E-state index contributed by atoms with van der Waals surface area (Å²) in [5.41, 5.74) is 0.377. The maximum Gasteiger partial charge on any atom is 0.196 e. The molecule has 2 fully saturated rings. The van der Waals surface area contributed by atoms with Gasteiger partial charge in [-0.1, -0.05) is 11.3 Å². The van der Waals surface area contributed by atoms with Crippen molar-refractivity contribution in [3.63, 3.8) is 0 Å². The predicted octanol–water partition coefficient (Wildman–Crippen LogP) is 3.13. The predicted molar refractivity (Wildman–Crippen MR) is 116 cm³/mol. The Morgan fingerprint density at radius 3 is 2.69 bits per heavy atom. The number of ether oxygens (including phenoxy) is 1. The van der Waals surface area contributed by atoms with E-state index >= 15 is 0 Å². The van der Waals surface area contributed by atoms with Crippen molar-refractivity contribution in [2.45, 2.75) is 54.7 Å². The zero-order valence-corrected chi connectivity index (χ0v) is 18.9. The molecular formula is C21H23FN4O4S2. The summed E-state index contributed by atoms with van der Waals surface area (Å²) >= 11 is 0.853. The van der Waals surface area contributed by atoms with Crippen LogP contribution in [0.5, 0.6) is 0 Å². The number of pyridine rings is 1. The van der Waals surface area contributed by atoms with Crippen molar-refractivity contribution in [1.29, 1.82) is 0 Å². The van der Waals surface area contributed by atoms with Crippen LogP contribution in [0.2, 0.25) is 0 Å². The van der Waals surface area contributed by atoms with E-state index in [2.05, 4.69) is 15.1 Å². The monoisotopic (exact) mass is 478 g/mol. The van der Waals surface area contributed by atoms with Crippen molar-refractivity contribution in [3.8, 4) is 0 Å². The topological polar surface area (TPSA) is 104 Å². The second-order valence-electron chi connectivity index (χ2n) is 8.39. The molecule has 4 heterocycles. The molecule has 0 unspecified atom stereocenters. The number of nitrogens with zero attached hydrogens (tertiary/aromatic N) is 4. The van der Waals surface area contributed by atoms with Crippen LogP contribution < -0.4 is 0 Å². The Morgan fingerprint density at radius 1 is 1.22 bits per heavy atom. The number of hydrogen-bond acceptors (Lipinski definition) is 8. The average Bonchev–Trinajstić information content (AvgIpc) is 3.46. The van der Waals surface area contributed by atoms with Gasteiger partial charge in [0, 0.05) is 19.4 Å². The Morgan fingerprint density at radius 2 is 2.00 bits per heavy atom. The van der Waals surface area contributed by atoms with Crippen molar-refractivity contribution in [2.24, 2.45) is 5.92 Å². The Labute approximate surface area is 188 Å². The van der Waals surface area contributed by atoms with Gasteiger partial charge >= 0.3 is 0 Å². The smallest absolute Gasteiger partial charge is 0.196 e. The lowest BCUT2D eigenvalue weighted by Crippen LogP contribution is -2.27. The third-order valence-corrected chi connectivity index (χ3v) is 9.25. The normalized spacial score (nSPS) is 18.8. The lowest BCUT2D eigenvalue weighted by molar-refractivity contribution is -0.122. The number of thiazole rings is 1. The number of ketones is 1. The summed E-state index contributed by atoms with van der Waals surface area (Å²) in [5.74, 6) is 0.122. The first-order valence-corrected chi connectivity index (χ1v) is 13.1. The molecule has 11 heteroatoms. The number of sulfone groups is 1. The van der Waals surface area contributed by atoms with Crippen molar-refractivity contribution in [1.82, 2.24) is 19.7 Å². The molecule has 1 aliphatic carbocycles. The molecule has 3 aromatic heterocycles. The highest BCUT2D eigenvalue weighted by atomic mass is 32.2. The van der Waals surface area contributed by atoms with Crippen molar-refractivity contribution in [2.75, 3.05) is 13.2 Å². The number of carbonyl (C=O) groups excluding carboxylic acids is 1. The van der Waals surface area contributed by atoms with Crippen LogP contribution in [0.25, 0.3) is 11.0 Å². The maximum absolute atomic E-state index is 13.4. The highest BCUT2D eigenvalue weighted by Gasteiger charge is 2.38. The van der Waals surface area contributed by atoms with Crippen molar-refractivity contribution >= 4 is 38.0 Å². The van der Waals surface area contributed by atoms with Crippen LogP contribution in [0, 0.1) is 11.0 Å². The SMILES string of the molecule is O=C(Cc1ncc(F)s1)[C@H](CC1CCOCC1)n1ncc2c(S(=O)(=O)C3CC3)ccnc21. The van der Waals surface area contributed by atoms with Crippen LogP contribution in [0.15, 0.2) is 29.6 Å². The number of hydrogen-bond donors (Lipinski definition) is 0. The van der Waals surface area contributed by atoms with Gasteiger partial charge in [0.2, 0.25) is 0 Å². The minimum absolute atomic E-state index is 0.0100. The van der Waals surface area contributed by atoms with Gasteiger partial charge in [-0.15, -0.1) is 0 Å². The lowest BCUT2D eigenvalue weighted by Gasteiger charge is -2.26. The molecule has 32 heavy (non-hydrogen) atoms. The van der Waals surface area contributed by atoms with E-state index in [4.69, 9.17) is 4.74 Å². The zero-order chi connectivity index (χ0) is 22.3. The second kappa shape index (κ2) is 8.60. The summed E-state index contributed by atoms with van der Waals surface area (Å²) in [6.07, 6.45) is 7.59. The molecule has 1 atom stereocenters. The van der Waals surface area contributed by atoms with Crippen LogP contribution in [-0.2, 0) is 25.8 Å². The summed E-state index contributed by atoms with van der Waals surface area (Å²) in [5, 5.41) is 4.49. The third kappa shape index (κ3) is 4.20. The zero-order valence-electron chi connectivity index (χ0n) is 17.3. The molecule has 5 rings (SSSR count). The van der Waals surface area contributed by atoms with Crippen LogP contribution in [0.1, 0.15) is 43.2 Å². The Balaban J connectivity index is 1.52. The molecular weight excluding hydrogens is 455 g/mol. The van der Waals surface area contributed by atoms with Gasteiger partial charge in [-0.3, -0.25) is 4.79 Å². The first-order valence-electron chi connectivity index (χ1n) is 10.7. The summed E-state index contributed by atoms with van der Waals surface area (Å²) in [7, 11) is -3.44. The fraction of sp³-hybridized carbons (Fsp3) is 0.524. The Hall–Kier alpha value is -2.24. The van der Waals surface area contributed by atoms with Gasteiger partial charge in [-0.25, -0.2) is 23.1 Å². The number of halogens is 1. The van der Waals surface area contributed by atoms with Gasteiger partial charge < -0.3 is 4.74 Å². The molecule has 2 aliphatic rings. The molecule has 1 saturated heterocycles. The molecule has 0 radical (unpaired) electrons. The number of carbonyl (C=O) groups is 1. The van der Waals surface area contributed by atoms with E-state index in [0.29, 0.717) is 48.5 Å². The van der Waals surface area contributed by atoms with E-state index in [1.165, 1.54) is 18.5 Å². The number of rotatable bonds is 8. The molecule has 1 saturated carbocycles. The largest absolute Gasteiger partial charge is 0.381 e. The molecule has 170 valence electrons. The number of aromatic nitrogens is 4. The fourth-order valence-electron chi connectivity index (χ4n) is 4.26. The van der Waals surface area contributed by atoms with Crippen molar-refractivity contribution in [3.05, 3.63) is 34.8 Å². The maximum atomic E-state index is 13.4. The van der Waals surface area contributed by atoms with Gasteiger partial charge in [0.25, 0.3) is 0 Å². The molecule has 0 N–H and O–H groups in total. The molecule has 0 amide bonds.